The zero-order valence-corrected chi connectivity index (χ0v) is 15.2. The van der Waals surface area contributed by atoms with Crippen LogP contribution in [0.1, 0.15) is 34.9 Å². The lowest BCUT2D eigenvalue weighted by Gasteiger charge is -2.16. The predicted molar refractivity (Wildman–Crippen MR) is 100 cm³/mol. The predicted octanol–water partition coefficient (Wildman–Crippen LogP) is 4.18. The van der Waals surface area contributed by atoms with Gasteiger partial charge in [0.2, 0.25) is 5.91 Å². The highest BCUT2D eigenvalue weighted by Crippen LogP contribution is 2.32. The van der Waals surface area contributed by atoms with Crippen molar-refractivity contribution in [1.82, 2.24) is 10.1 Å². The van der Waals surface area contributed by atoms with Gasteiger partial charge in [-0.15, -0.1) is 0 Å². The van der Waals surface area contributed by atoms with Crippen molar-refractivity contribution >= 4 is 11.6 Å². The molecule has 0 aliphatic carbocycles. The quantitative estimate of drug-likeness (QED) is 0.713. The smallest absolute Gasteiger partial charge is 0.258 e. The number of carbonyl (C=O) groups is 1. The summed E-state index contributed by atoms with van der Waals surface area (Å²) < 4.78 is 5.50. The van der Waals surface area contributed by atoms with Crippen molar-refractivity contribution in [3.8, 4) is 11.5 Å². The number of rotatable bonds is 3. The molecule has 0 N–H and O–H groups in total. The van der Waals surface area contributed by atoms with E-state index in [4.69, 9.17) is 4.52 Å². The fraction of sp³-hybridized carbons (Fsp3) is 0.286. The molecule has 1 saturated heterocycles. The molecule has 1 atom stereocenters. The van der Waals surface area contributed by atoms with Crippen LogP contribution in [-0.2, 0) is 4.79 Å². The van der Waals surface area contributed by atoms with Crippen molar-refractivity contribution in [3.05, 3.63) is 65.0 Å². The molecular formula is C21H21N3O2. The van der Waals surface area contributed by atoms with Crippen LogP contribution in [0.15, 0.2) is 47.0 Å². The van der Waals surface area contributed by atoms with Gasteiger partial charge in [-0.2, -0.15) is 4.98 Å². The van der Waals surface area contributed by atoms with Crippen molar-refractivity contribution in [2.75, 3.05) is 11.4 Å². The van der Waals surface area contributed by atoms with E-state index in [0.717, 1.165) is 22.4 Å². The number of aryl methyl sites for hydroxylation is 3. The topological polar surface area (TPSA) is 59.2 Å². The molecule has 0 spiro atoms. The normalized spacial score (nSPS) is 17.1. The molecule has 132 valence electrons. The van der Waals surface area contributed by atoms with Crippen molar-refractivity contribution < 1.29 is 9.32 Å². The number of carbonyl (C=O) groups excluding carboxylic acids is 1. The monoisotopic (exact) mass is 347 g/mol. The summed E-state index contributed by atoms with van der Waals surface area (Å²) >= 11 is 0. The van der Waals surface area contributed by atoms with Gasteiger partial charge in [0.05, 0.1) is 0 Å². The minimum Gasteiger partial charge on any atom is -0.334 e. The van der Waals surface area contributed by atoms with Crippen LogP contribution in [0.3, 0.4) is 0 Å². The second-order valence-corrected chi connectivity index (χ2v) is 7.02. The molecule has 4 rings (SSSR count). The maximum Gasteiger partial charge on any atom is 0.258 e. The maximum absolute atomic E-state index is 12.5. The summed E-state index contributed by atoms with van der Waals surface area (Å²) in [7, 11) is 0. The summed E-state index contributed by atoms with van der Waals surface area (Å²) in [6, 6.07) is 14.1. The van der Waals surface area contributed by atoms with Crippen molar-refractivity contribution in [3.63, 3.8) is 0 Å². The van der Waals surface area contributed by atoms with Gasteiger partial charge in [0.1, 0.15) is 0 Å². The molecule has 5 heteroatoms. The summed E-state index contributed by atoms with van der Waals surface area (Å²) in [5.41, 5.74) is 5.28. The second kappa shape index (κ2) is 6.41. The van der Waals surface area contributed by atoms with Gasteiger partial charge >= 0.3 is 0 Å². The molecule has 0 bridgehead atoms. The van der Waals surface area contributed by atoms with Crippen LogP contribution in [0.5, 0.6) is 0 Å². The molecule has 1 aliphatic rings. The molecule has 0 saturated carbocycles. The Morgan fingerprint density at radius 2 is 1.77 bits per heavy atom. The van der Waals surface area contributed by atoms with Gasteiger partial charge in [0.15, 0.2) is 5.82 Å². The van der Waals surface area contributed by atoms with E-state index in [-0.39, 0.29) is 11.8 Å². The molecule has 0 unspecified atom stereocenters. The largest absolute Gasteiger partial charge is 0.334 e. The van der Waals surface area contributed by atoms with Gasteiger partial charge in [0.25, 0.3) is 5.89 Å². The summed E-state index contributed by atoms with van der Waals surface area (Å²) in [6.45, 7) is 6.67. The fourth-order valence-corrected chi connectivity index (χ4v) is 3.33. The van der Waals surface area contributed by atoms with Crippen LogP contribution in [-0.4, -0.2) is 22.6 Å². The first-order valence-corrected chi connectivity index (χ1v) is 8.79. The van der Waals surface area contributed by atoms with Crippen LogP contribution in [0.4, 0.5) is 5.69 Å². The first-order valence-electron chi connectivity index (χ1n) is 8.79. The molecule has 0 radical (unpaired) electrons. The number of anilines is 1. The molecule has 5 nitrogen and oxygen atoms in total. The first-order chi connectivity index (χ1) is 12.5. The Morgan fingerprint density at radius 3 is 2.54 bits per heavy atom. The van der Waals surface area contributed by atoms with E-state index in [2.05, 4.69) is 16.2 Å². The summed E-state index contributed by atoms with van der Waals surface area (Å²) in [5, 5.41) is 4.16. The number of nitrogens with zero attached hydrogens (tertiary/aromatic N) is 3. The Bertz CT molecular complexity index is 960. The fourth-order valence-electron chi connectivity index (χ4n) is 3.33. The lowest BCUT2D eigenvalue weighted by Crippen LogP contribution is -2.24. The van der Waals surface area contributed by atoms with Crippen molar-refractivity contribution in [2.24, 2.45) is 0 Å². The molecule has 3 aromatic rings. The van der Waals surface area contributed by atoms with Crippen molar-refractivity contribution in [1.29, 1.82) is 0 Å². The van der Waals surface area contributed by atoms with Gasteiger partial charge in [-0.05, 0) is 44.5 Å². The molecule has 1 amide bonds. The molecule has 1 aliphatic heterocycles. The summed E-state index contributed by atoms with van der Waals surface area (Å²) in [4.78, 5) is 18.8. The molecular weight excluding hydrogens is 326 g/mol. The number of hydrogen-bond donors (Lipinski definition) is 0. The van der Waals surface area contributed by atoms with Crippen LogP contribution in [0, 0.1) is 20.8 Å². The Hall–Kier alpha value is -2.95. The minimum atomic E-state index is -0.0496. The van der Waals surface area contributed by atoms with Crippen LogP contribution < -0.4 is 4.90 Å². The zero-order chi connectivity index (χ0) is 18.3. The number of amides is 1. The molecule has 1 fully saturated rings. The van der Waals surface area contributed by atoms with E-state index in [1.54, 1.807) is 4.90 Å². The van der Waals surface area contributed by atoms with Crippen LogP contribution in [0.2, 0.25) is 0 Å². The average molecular weight is 347 g/mol. The number of hydrogen-bond acceptors (Lipinski definition) is 4. The van der Waals surface area contributed by atoms with E-state index >= 15 is 0 Å². The van der Waals surface area contributed by atoms with E-state index in [9.17, 15) is 4.79 Å². The van der Waals surface area contributed by atoms with Gasteiger partial charge in [-0.3, -0.25) is 4.79 Å². The third-order valence-electron chi connectivity index (χ3n) is 4.90. The first kappa shape index (κ1) is 16.5. The van der Waals surface area contributed by atoms with E-state index in [0.29, 0.717) is 24.7 Å². The van der Waals surface area contributed by atoms with Gasteiger partial charge in [0, 0.05) is 30.1 Å². The maximum atomic E-state index is 12.5. The molecule has 2 aromatic carbocycles. The Kier molecular flexibility index (Phi) is 4.07. The SMILES string of the molecule is Cc1ccc(N2C[C@H](c3noc(-c4cc(C)ccc4C)n3)CC2=O)cc1. The standard InChI is InChI=1S/C21H21N3O2/c1-13-5-8-17(9-6-13)24-12-16(11-19(24)25)20-22-21(26-23-20)18-10-14(2)4-7-15(18)3/h4-10,16H,11-12H2,1-3H3/t16-/m1/s1. The van der Waals surface area contributed by atoms with Crippen LogP contribution >= 0.6 is 0 Å². The second-order valence-electron chi connectivity index (χ2n) is 7.02. The summed E-state index contributed by atoms with van der Waals surface area (Å²) in [5.74, 6) is 1.16. The average Bonchev–Trinajstić information content (AvgIpc) is 3.25. The van der Waals surface area contributed by atoms with Gasteiger partial charge in [-0.25, -0.2) is 0 Å². The number of benzene rings is 2. The lowest BCUT2D eigenvalue weighted by atomic mass is 10.1. The highest BCUT2D eigenvalue weighted by atomic mass is 16.5. The van der Waals surface area contributed by atoms with E-state index in [1.165, 1.54) is 5.56 Å². The van der Waals surface area contributed by atoms with Gasteiger partial charge in [-0.1, -0.05) is 40.5 Å². The highest BCUT2D eigenvalue weighted by molar-refractivity contribution is 5.96. The highest BCUT2D eigenvalue weighted by Gasteiger charge is 2.34. The van der Waals surface area contributed by atoms with Gasteiger partial charge < -0.3 is 9.42 Å². The molecule has 2 heterocycles. The third-order valence-corrected chi connectivity index (χ3v) is 4.90. The zero-order valence-electron chi connectivity index (χ0n) is 15.2. The molecule has 1 aromatic heterocycles. The Balaban J connectivity index is 1.58. The Morgan fingerprint density at radius 1 is 1.04 bits per heavy atom. The summed E-state index contributed by atoms with van der Waals surface area (Å²) in [6.07, 6.45) is 0.402. The Labute approximate surface area is 152 Å². The third kappa shape index (κ3) is 3.01. The van der Waals surface area contributed by atoms with E-state index in [1.807, 2.05) is 57.2 Å². The number of aromatic nitrogens is 2. The lowest BCUT2D eigenvalue weighted by molar-refractivity contribution is -0.117. The van der Waals surface area contributed by atoms with Crippen molar-refractivity contribution in [2.45, 2.75) is 33.1 Å². The van der Waals surface area contributed by atoms with E-state index < -0.39 is 0 Å². The minimum absolute atomic E-state index is 0.0496. The van der Waals surface area contributed by atoms with Crippen LogP contribution in [0.25, 0.3) is 11.5 Å². The molecule has 26 heavy (non-hydrogen) atoms.